The van der Waals surface area contributed by atoms with E-state index in [0.717, 1.165) is 0 Å². The van der Waals surface area contributed by atoms with Crippen LogP contribution in [0, 0.1) is 17.8 Å². The Labute approximate surface area is 242 Å². The second-order valence-corrected chi connectivity index (χ2v) is 10.8. The molecule has 232 valence electrons. The molecule has 10 atom stereocenters. The van der Waals surface area contributed by atoms with E-state index in [0.29, 0.717) is 6.42 Å². The molecule has 0 aromatic carbocycles. The number of carboxylic acids is 1. The maximum Gasteiger partial charge on any atom is 0.312 e. The first-order chi connectivity index (χ1) is 19.3. The Hall–Kier alpha value is -2.60. The van der Waals surface area contributed by atoms with Crippen LogP contribution in [0.15, 0.2) is 60.8 Å². The van der Waals surface area contributed by atoms with E-state index in [2.05, 4.69) is 0 Å². The molecule has 10 heteroatoms. The lowest BCUT2D eigenvalue weighted by Gasteiger charge is -2.25. The van der Waals surface area contributed by atoms with Crippen molar-refractivity contribution in [1.29, 1.82) is 0 Å². The molecule has 0 fully saturated rings. The van der Waals surface area contributed by atoms with E-state index in [9.17, 15) is 45.3 Å². The van der Waals surface area contributed by atoms with Crippen LogP contribution in [0.3, 0.4) is 0 Å². The highest BCUT2D eigenvalue weighted by Gasteiger charge is 2.34. The molecular weight excluding hydrogens is 532 g/mol. The summed E-state index contributed by atoms with van der Waals surface area (Å²) in [5.41, 5.74) is 0. The van der Waals surface area contributed by atoms with Crippen LogP contribution in [0.5, 0.6) is 0 Å². The topological polar surface area (TPSA) is 185 Å². The van der Waals surface area contributed by atoms with Gasteiger partial charge in [0.1, 0.15) is 12.0 Å². The molecule has 0 radical (unpaired) electrons. The summed E-state index contributed by atoms with van der Waals surface area (Å²) in [6, 6.07) is 0. The van der Waals surface area contributed by atoms with Gasteiger partial charge < -0.3 is 40.5 Å². The molecule has 0 aromatic heterocycles. The third-order valence-corrected chi connectivity index (χ3v) is 7.21. The minimum Gasteiger partial charge on any atom is -0.481 e. The first-order valence-electron chi connectivity index (χ1n) is 14.2. The standard InChI is InChI=1S/C31H48O10/c1-20-13-10-8-6-4-5-7-9-11-16-26(35)29(30(38)39)28(37)19-25(34)17-23(32)14-12-15-24(33)18-27(36)21(2)31(40)41-22(20)3/h4-11,13,16,20-29,32-37H,12,14-15,17-19H2,1-3H3,(H,38,39)/b5-4+,8-6+,9-7+,13-10+,16-11+. The maximum absolute atomic E-state index is 12.5. The van der Waals surface area contributed by atoms with E-state index in [1.165, 1.54) is 12.2 Å². The van der Waals surface area contributed by atoms with Crippen LogP contribution < -0.4 is 0 Å². The van der Waals surface area contributed by atoms with Crippen molar-refractivity contribution >= 4 is 11.9 Å². The molecular formula is C31H48O10. The lowest BCUT2D eigenvalue weighted by Crippen LogP contribution is -2.39. The minimum atomic E-state index is -1.57. The van der Waals surface area contributed by atoms with Crippen LogP contribution in [-0.2, 0) is 14.3 Å². The van der Waals surface area contributed by atoms with E-state index < -0.39 is 66.5 Å². The van der Waals surface area contributed by atoms with Crippen molar-refractivity contribution in [2.45, 2.75) is 102 Å². The number of esters is 1. The molecule has 0 bridgehead atoms. The number of aliphatic hydroxyl groups is 6. The Morgan fingerprint density at radius 1 is 0.707 bits per heavy atom. The van der Waals surface area contributed by atoms with Crippen molar-refractivity contribution in [2.24, 2.45) is 17.8 Å². The Bertz CT molecular complexity index is 924. The van der Waals surface area contributed by atoms with Gasteiger partial charge in [0.25, 0.3) is 0 Å². The Morgan fingerprint density at radius 3 is 1.76 bits per heavy atom. The molecule has 0 spiro atoms. The van der Waals surface area contributed by atoms with E-state index in [1.807, 2.05) is 19.1 Å². The number of allylic oxidation sites excluding steroid dienone is 8. The summed E-state index contributed by atoms with van der Waals surface area (Å²) in [6.07, 6.45) is 9.21. The Balaban J connectivity index is 2.99. The number of carbonyl (C=O) groups is 2. The van der Waals surface area contributed by atoms with Gasteiger partial charge >= 0.3 is 11.9 Å². The Morgan fingerprint density at radius 2 is 1.20 bits per heavy atom. The number of hydrogen-bond donors (Lipinski definition) is 7. The number of carbonyl (C=O) groups excluding carboxylic acids is 1. The summed E-state index contributed by atoms with van der Waals surface area (Å²) >= 11 is 0. The van der Waals surface area contributed by atoms with Gasteiger partial charge in [0.2, 0.25) is 0 Å². The largest absolute Gasteiger partial charge is 0.481 e. The fourth-order valence-electron chi connectivity index (χ4n) is 4.32. The average Bonchev–Trinajstić information content (AvgIpc) is 2.87. The number of ether oxygens (including phenoxy) is 1. The molecule has 0 saturated carbocycles. The van der Waals surface area contributed by atoms with Crippen LogP contribution in [0.25, 0.3) is 0 Å². The molecule has 1 aliphatic rings. The number of hydrogen-bond acceptors (Lipinski definition) is 9. The molecule has 0 aliphatic carbocycles. The fourth-order valence-corrected chi connectivity index (χ4v) is 4.32. The Kier molecular flexibility index (Phi) is 17.3. The molecule has 41 heavy (non-hydrogen) atoms. The van der Waals surface area contributed by atoms with Crippen molar-refractivity contribution in [1.82, 2.24) is 0 Å². The maximum atomic E-state index is 12.5. The number of aliphatic hydroxyl groups excluding tert-OH is 6. The summed E-state index contributed by atoms with van der Waals surface area (Å²) < 4.78 is 5.51. The van der Waals surface area contributed by atoms with Crippen LogP contribution in [-0.4, -0.2) is 90.4 Å². The smallest absolute Gasteiger partial charge is 0.312 e. The molecule has 10 nitrogen and oxygen atoms in total. The van der Waals surface area contributed by atoms with Gasteiger partial charge in [0.15, 0.2) is 0 Å². The lowest BCUT2D eigenvalue weighted by molar-refractivity contribution is -0.158. The van der Waals surface area contributed by atoms with Crippen molar-refractivity contribution in [3.05, 3.63) is 60.8 Å². The zero-order valence-electron chi connectivity index (χ0n) is 24.1. The summed E-state index contributed by atoms with van der Waals surface area (Å²) in [5, 5.41) is 71.5. The highest BCUT2D eigenvalue weighted by molar-refractivity contribution is 5.73. The summed E-state index contributed by atoms with van der Waals surface area (Å²) in [7, 11) is 0. The van der Waals surface area contributed by atoms with Gasteiger partial charge in [-0.05, 0) is 39.5 Å². The van der Waals surface area contributed by atoms with E-state index in [4.69, 9.17) is 4.74 Å². The fraction of sp³-hybridized carbons (Fsp3) is 0.613. The van der Waals surface area contributed by atoms with Gasteiger partial charge in [-0.15, -0.1) is 0 Å². The predicted molar refractivity (Wildman–Crippen MR) is 154 cm³/mol. The van der Waals surface area contributed by atoms with Gasteiger partial charge in [-0.2, -0.15) is 0 Å². The molecule has 7 N–H and O–H groups in total. The van der Waals surface area contributed by atoms with Crippen molar-refractivity contribution in [2.75, 3.05) is 0 Å². The lowest BCUT2D eigenvalue weighted by atomic mass is 9.90. The van der Waals surface area contributed by atoms with E-state index >= 15 is 0 Å². The van der Waals surface area contributed by atoms with Crippen LogP contribution >= 0.6 is 0 Å². The number of aliphatic carboxylic acids is 1. The minimum absolute atomic E-state index is 0.0497. The van der Waals surface area contributed by atoms with Crippen molar-refractivity contribution < 1.29 is 50.1 Å². The number of rotatable bonds is 1. The SMILES string of the molecule is CC1/C=C/C=C/C=C/C=C/C=C/C(O)C(C(=O)O)C(O)CC(O)CC(O)CCCC(O)CC(O)C(C)C(=O)OC1C. The summed E-state index contributed by atoms with van der Waals surface area (Å²) in [4.78, 5) is 24.2. The van der Waals surface area contributed by atoms with E-state index in [-0.39, 0.29) is 38.0 Å². The molecule has 10 unspecified atom stereocenters. The van der Waals surface area contributed by atoms with Crippen LogP contribution in [0.1, 0.15) is 59.3 Å². The molecule has 1 heterocycles. The average molecular weight is 581 g/mol. The molecule has 0 aromatic rings. The highest BCUT2D eigenvalue weighted by atomic mass is 16.5. The second kappa shape index (κ2) is 19.5. The second-order valence-electron chi connectivity index (χ2n) is 10.8. The zero-order chi connectivity index (χ0) is 30.9. The molecule has 0 amide bonds. The third-order valence-electron chi connectivity index (χ3n) is 7.21. The third kappa shape index (κ3) is 14.7. The number of cyclic esters (lactones) is 1. The first kappa shape index (κ1) is 36.4. The highest BCUT2D eigenvalue weighted by Crippen LogP contribution is 2.21. The van der Waals surface area contributed by atoms with Gasteiger partial charge in [-0.25, -0.2) is 0 Å². The quantitative estimate of drug-likeness (QED) is 0.227. The first-order valence-corrected chi connectivity index (χ1v) is 14.2. The zero-order valence-corrected chi connectivity index (χ0v) is 24.1. The predicted octanol–water partition coefficient (Wildman–Crippen LogP) is 2.19. The van der Waals surface area contributed by atoms with E-state index in [1.54, 1.807) is 50.3 Å². The monoisotopic (exact) mass is 580 g/mol. The van der Waals surface area contributed by atoms with Gasteiger partial charge in [0.05, 0.1) is 42.5 Å². The van der Waals surface area contributed by atoms with Crippen LogP contribution in [0.4, 0.5) is 0 Å². The van der Waals surface area contributed by atoms with Gasteiger partial charge in [0, 0.05) is 18.8 Å². The summed E-state index contributed by atoms with van der Waals surface area (Å²) in [6.45, 7) is 5.20. The molecule has 0 saturated heterocycles. The normalized spacial score (nSPS) is 40.2. The summed E-state index contributed by atoms with van der Waals surface area (Å²) in [5.74, 6) is -4.50. The van der Waals surface area contributed by atoms with Crippen molar-refractivity contribution in [3.8, 4) is 0 Å². The molecule has 1 aliphatic heterocycles. The van der Waals surface area contributed by atoms with Gasteiger partial charge in [-0.1, -0.05) is 67.7 Å². The molecule has 1 rings (SSSR count). The van der Waals surface area contributed by atoms with Crippen LogP contribution in [0.2, 0.25) is 0 Å². The van der Waals surface area contributed by atoms with Gasteiger partial charge in [-0.3, -0.25) is 9.59 Å². The number of carboxylic acid groups (broad SMARTS) is 1. The van der Waals surface area contributed by atoms with Crippen molar-refractivity contribution in [3.63, 3.8) is 0 Å².